The zero-order chi connectivity index (χ0) is 21.1. The van der Waals surface area contributed by atoms with E-state index in [4.69, 9.17) is 4.74 Å². The van der Waals surface area contributed by atoms with Crippen molar-refractivity contribution in [3.63, 3.8) is 0 Å². The van der Waals surface area contributed by atoms with E-state index >= 15 is 0 Å². The molecular formula is C26H48O2. The molecule has 3 saturated carbocycles. The maximum atomic E-state index is 12.5. The fourth-order valence-electron chi connectivity index (χ4n) is 6.15. The second-order valence-electron chi connectivity index (χ2n) is 11.2. The maximum Gasteiger partial charge on any atom is 0.312 e. The van der Waals surface area contributed by atoms with Crippen LogP contribution in [0.4, 0.5) is 0 Å². The minimum Gasteiger partial charge on any atom is -0.458 e. The molecule has 0 amide bonds. The second kappa shape index (κ2) is 9.52. The van der Waals surface area contributed by atoms with Gasteiger partial charge in [0.1, 0.15) is 5.60 Å². The fraction of sp³-hybridized carbons (Fsp3) is 0.962. The first kappa shape index (κ1) is 23.7. The van der Waals surface area contributed by atoms with Crippen LogP contribution in [0, 0.1) is 40.9 Å². The molecule has 0 N–H and O–H groups in total. The summed E-state index contributed by atoms with van der Waals surface area (Å²) in [6.07, 6.45) is 11.1. The van der Waals surface area contributed by atoms with E-state index in [1.165, 1.54) is 32.1 Å². The molecule has 0 radical (unpaired) electrons. The Morgan fingerprint density at radius 3 is 2.00 bits per heavy atom. The molecular weight excluding hydrogens is 344 g/mol. The van der Waals surface area contributed by atoms with Crippen molar-refractivity contribution in [2.45, 2.75) is 119 Å². The summed E-state index contributed by atoms with van der Waals surface area (Å²) in [7, 11) is 0. The standard InChI is InChI=1S/C17H32O2.C9H16/c1-7-16(5,6)15(18)19-17(8-2)12-10-9-11-14(17)13(3)4;1-6-7(2)9-4-3-8(6)5-9/h13-14H,7-12H2,1-6H3;6-9H,3-5H2,1-2H3. The number of hydrogen-bond donors (Lipinski definition) is 0. The van der Waals surface area contributed by atoms with Crippen LogP contribution in [-0.4, -0.2) is 11.6 Å². The highest BCUT2D eigenvalue weighted by atomic mass is 16.6. The number of carbonyl (C=O) groups is 1. The summed E-state index contributed by atoms with van der Waals surface area (Å²) in [5.74, 6) is 5.41. The zero-order valence-corrected chi connectivity index (χ0v) is 20.1. The molecule has 2 bridgehead atoms. The fourth-order valence-corrected chi connectivity index (χ4v) is 6.15. The first-order valence-corrected chi connectivity index (χ1v) is 12.3. The molecule has 164 valence electrons. The summed E-state index contributed by atoms with van der Waals surface area (Å²) < 4.78 is 6.12. The summed E-state index contributed by atoms with van der Waals surface area (Å²) in [6.45, 7) is 17.6. The van der Waals surface area contributed by atoms with Gasteiger partial charge in [-0.25, -0.2) is 0 Å². The summed E-state index contributed by atoms with van der Waals surface area (Å²) in [5.41, 5.74) is -0.572. The van der Waals surface area contributed by atoms with Crippen molar-refractivity contribution in [1.29, 1.82) is 0 Å². The molecule has 0 heterocycles. The highest BCUT2D eigenvalue weighted by molar-refractivity contribution is 5.76. The van der Waals surface area contributed by atoms with E-state index in [1.54, 1.807) is 6.42 Å². The molecule has 3 rings (SSSR count). The van der Waals surface area contributed by atoms with Gasteiger partial charge in [0.15, 0.2) is 0 Å². The molecule has 2 heteroatoms. The lowest BCUT2D eigenvalue weighted by Gasteiger charge is -2.46. The molecule has 6 unspecified atom stereocenters. The predicted octanol–water partition coefficient (Wildman–Crippen LogP) is 7.65. The summed E-state index contributed by atoms with van der Waals surface area (Å²) in [5, 5.41) is 0. The topological polar surface area (TPSA) is 26.3 Å². The van der Waals surface area contributed by atoms with Gasteiger partial charge in [0.05, 0.1) is 5.41 Å². The smallest absolute Gasteiger partial charge is 0.312 e. The number of fused-ring (bicyclic) bond motifs is 2. The lowest BCUT2D eigenvalue weighted by atomic mass is 9.68. The van der Waals surface area contributed by atoms with Gasteiger partial charge < -0.3 is 4.74 Å². The Labute approximate surface area is 175 Å². The van der Waals surface area contributed by atoms with Crippen LogP contribution in [0.3, 0.4) is 0 Å². The average molecular weight is 393 g/mol. The van der Waals surface area contributed by atoms with Gasteiger partial charge in [-0.05, 0) is 94.8 Å². The Hall–Kier alpha value is -0.530. The molecule has 3 aliphatic rings. The van der Waals surface area contributed by atoms with Gasteiger partial charge >= 0.3 is 5.97 Å². The van der Waals surface area contributed by atoms with Crippen molar-refractivity contribution in [2.24, 2.45) is 40.9 Å². The maximum absolute atomic E-state index is 12.5. The molecule has 3 aliphatic carbocycles. The third-order valence-corrected chi connectivity index (χ3v) is 9.01. The van der Waals surface area contributed by atoms with Crippen molar-refractivity contribution in [3.8, 4) is 0 Å². The first-order chi connectivity index (χ1) is 13.1. The van der Waals surface area contributed by atoms with E-state index in [-0.39, 0.29) is 17.0 Å². The van der Waals surface area contributed by atoms with Gasteiger partial charge in [-0.15, -0.1) is 0 Å². The molecule has 6 atom stereocenters. The minimum atomic E-state index is -0.360. The Morgan fingerprint density at radius 2 is 1.61 bits per heavy atom. The summed E-state index contributed by atoms with van der Waals surface area (Å²) in [4.78, 5) is 12.5. The van der Waals surface area contributed by atoms with Crippen LogP contribution in [-0.2, 0) is 9.53 Å². The molecule has 0 saturated heterocycles. The van der Waals surface area contributed by atoms with E-state index in [9.17, 15) is 4.79 Å². The second-order valence-corrected chi connectivity index (χ2v) is 11.2. The van der Waals surface area contributed by atoms with Gasteiger partial charge in [-0.2, -0.15) is 0 Å². The third kappa shape index (κ3) is 4.96. The van der Waals surface area contributed by atoms with Gasteiger partial charge in [0.2, 0.25) is 0 Å². The van der Waals surface area contributed by atoms with E-state index in [1.807, 2.05) is 13.8 Å². The average Bonchev–Trinajstić information content (AvgIpc) is 3.26. The van der Waals surface area contributed by atoms with E-state index in [0.717, 1.165) is 42.9 Å². The van der Waals surface area contributed by atoms with Gasteiger partial charge in [-0.3, -0.25) is 4.79 Å². The van der Waals surface area contributed by atoms with Gasteiger partial charge in [-0.1, -0.05) is 48.0 Å². The largest absolute Gasteiger partial charge is 0.458 e. The van der Waals surface area contributed by atoms with Crippen LogP contribution < -0.4 is 0 Å². The molecule has 0 aromatic heterocycles. The third-order valence-electron chi connectivity index (χ3n) is 9.01. The molecule has 3 fully saturated rings. The van der Waals surface area contributed by atoms with Gasteiger partial charge in [0.25, 0.3) is 0 Å². The van der Waals surface area contributed by atoms with E-state index in [0.29, 0.717) is 11.8 Å². The van der Waals surface area contributed by atoms with E-state index in [2.05, 4.69) is 41.5 Å². The van der Waals surface area contributed by atoms with Crippen molar-refractivity contribution in [1.82, 2.24) is 0 Å². The van der Waals surface area contributed by atoms with E-state index < -0.39 is 0 Å². The van der Waals surface area contributed by atoms with Crippen molar-refractivity contribution in [2.75, 3.05) is 0 Å². The Balaban J connectivity index is 0.000000255. The van der Waals surface area contributed by atoms with Crippen LogP contribution in [0.2, 0.25) is 0 Å². The molecule has 2 nitrogen and oxygen atoms in total. The molecule has 0 aromatic carbocycles. The molecule has 0 aromatic rings. The molecule has 28 heavy (non-hydrogen) atoms. The lowest BCUT2D eigenvalue weighted by Crippen LogP contribution is -2.48. The SMILES string of the molecule is CC1C2CCC(C2)C1C.CCC(C)(C)C(=O)OC1(CC)CCCCC1C(C)C. The highest BCUT2D eigenvalue weighted by Gasteiger charge is 2.46. The van der Waals surface area contributed by atoms with Crippen LogP contribution in [0.25, 0.3) is 0 Å². The summed E-state index contributed by atoms with van der Waals surface area (Å²) >= 11 is 0. The van der Waals surface area contributed by atoms with Crippen LogP contribution in [0.15, 0.2) is 0 Å². The lowest BCUT2D eigenvalue weighted by molar-refractivity contribution is -0.185. The highest BCUT2D eigenvalue weighted by Crippen LogP contribution is 2.51. The molecule has 0 spiro atoms. The predicted molar refractivity (Wildman–Crippen MR) is 119 cm³/mol. The van der Waals surface area contributed by atoms with Crippen LogP contribution in [0.1, 0.15) is 113 Å². The number of hydrogen-bond acceptors (Lipinski definition) is 2. The zero-order valence-electron chi connectivity index (χ0n) is 20.1. The number of rotatable bonds is 5. The Bertz CT molecular complexity index is 491. The first-order valence-electron chi connectivity index (χ1n) is 12.3. The minimum absolute atomic E-state index is 0.00981. The monoisotopic (exact) mass is 392 g/mol. The Morgan fingerprint density at radius 1 is 1.04 bits per heavy atom. The van der Waals surface area contributed by atoms with Gasteiger partial charge in [0, 0.05) is 5.92 Å². The van der Waals surface area contributed by atoms with Crippen molar-refractivity contribution in [3.05, 3.63) is 0 Å². The van der Waals surface area contributed by atoms with Crippen molar-refractivity contribution < 1.29 is 9.53 Å². The van der Waals surface area contributed by atoms with Crippen molar-refractivity contribution >= 4 is 5.97 Å². The normalized spacial score (nSPS) is 37.5. The number of carbonyl (C=O) groups excluding carboxylic acids is 1. The number of esters is 1. The quantitative estimate of drug-likeness (QED) is 0.449. The molecule has 0 aliphatic heterocycles. The Kier molecular flexibility index (Phi) is 8.07. The van der Waals surface area contributed by atoms with Crippen LogP contribution >= 0.6 is 0 Å². The summed E-state index contributed by atoms with van der Waals surface area (Å²) in [6, 6.07) is 0. The number of ether oxygens (including phenoxy) is 1. The van der Waals surface area contributed by atoms with Crippen LogP contribution in [0.5, 0.6) is 0 Å².